The summed E-state index contributed by atoms with van der Waals surface area (Å²) in [5, 5.41) is 17.1. The lowest BCUT2D eigenvalue weighted by atomic mass is 10.0. The van der Waals surface area contributed by atoms with Gasteiger partial charge in [0.1, 0.15) is 33.0 Å². The number of rotatable bonds is 11. The van der Waals surface area contributed by atoms with Crippen LogP contribution in [0, 0.1) is 24.1 Å². The SMILES string of the molecule is COc1ccc(F)cc1C(Cn1c(=O)n(C(C)(C)C(=O)NC(C)C)c(=O)c2c(C)c(-n3cccn3)sc21)OCCC#N. The molecule has 0 spiro atoms. The second kappa shape index (κ2) is 12.3. The van der Waals surface area contributed by atoms with Gasteiger partial charge in [-0.25, -0.2) is 18.4 Å². The lowest BCUT2D eigenvalue weighted by Crippen LogP contribution is -2.56. The number of nitrogens with one attached hydrogen (secondary N) is 1. The van der Waals surface area contributed by atoms with Crippen LogP contribution in [0.4, 0.5) is 4.39 Å². The number of methoxy groups -OCH3 is 1. The van der Waals surface area contributed by atoms with E-state index in [0.29, 0.717) is 26.7 Å². The molecule has 1 amide bonds. The third-order valence-electron chi connectivity index (χ3n) is 6.85. The highest BCUT2D eigenvalue weighted by molar-refractivity contribution is 7.21. The molecule has 4 aromatic rings. The van der Waals surface area contributed by atoms with E-state index in [1.807, 2.05) is 6.07 Å². The van der Waals surface area contributed by atoms with Crippen molar-refractivity contribution in [2.45, 2.75) is 65.3 Å². The molecule has 11 nitrogen and oxygen atoms in total. The first-order chi connectivity index (χ1) is 19.9. The maximum atomic E-state index is 14.5. The number of carbonyl (C=O) groups excluding carboxylic acids is 1. The van der Waals surface area contributed by atoms with Gasteiger partial charge in [0.2, 0.25) is 5.91 Å². The van der Waals surface area contributed by atoms with Crippen molar-refractivity contribution in [1.82, 2.24) is 24.2 Å². The van der Waals surface area contributed by atoms with Gasteiger partial charge in [-0.15, -0.1) is 0 Å². The molecular weight excluding hydrogens is 563 g/mol. The summed E-state index contributed by atoms with van der Waals surface area (Å²) in [4.78, 5) is 42.0. The number of fused-ring (bicyclic) bond motifs is 1. The fourth-order valence-electron chi connectivity index (χ4n) is 4.75. The standard InChI is InChI=1S/C29H33FN6O5S/c1-17(2)33-27(38)29(4,5)36-24(37)23-18(3)25(35-13-8-12-32-35)42-26(23)34(28(36)39)16-22(41-14-7-11-31)20-15-19(30)9-10-21(20)40-6/h8-10,12-13,15,17,22H,7,14,16H2,1-6H3,(H,33,38). The van der Waals surface area contributed by atoms with Crippen LogP contribution in [0.25, 0.3) is 15.2 Å². The number of aryl methyl sites for hydroxylation is 1. The van der Waals surface area contributed by atoms with E-state index >= 15 is 0 Å². The summed E-state index contributed by atoms with van der Waals surface area (Å²) in [6.07, 6.45) is 2.44. The van der Waals surface area contributed by atoms with Crippen molar-refractivity contribution in [1.29, 1.82) is 5.26 Å². The van der Waals surface area contributed by atoms with Crippen molar-refractivity contribution >= 4 is 27.5 Å². The molecule has 1 aromatic carbocycles. The fraction of sp³-hybridized carbons (Fsp3) is 0.414. The summed E-state index contributed by atoms with van der Waals surface area (Å²) in [5.41, 5.74) is -2.02. The number of hydrogen-bond acceptors (Lipinski definition) is 8. The Morgan fingerprint density at radius 3 is 2.64 bits per heavy atom. The lowest BCUT2D eigenvalue weighted by Gasteiger charge is -2.28. The summed E-state index contributed by atoms with van der Waals surface area (Å²) < 4.78 is 29.9. The van der Waals surface area contributed by atoms with E-state index in [1.165, 1.54) is 55.1 Å². The van der Waals surface area contributed by atoms with Crippen LogP contribution in [-0.4, -0.2) is 44.6 Å². The van der Waals surface area contributed by atoms with Crippen LogP contribution in [0.2, 0.25) is 0 Å². The molecule has 0 aliphatic heterocycles. The van der Waals surface area contributed by atoms with Crippen molar-refractivity contribution in [3.05, 3.63) is 74.4 Å². The summed E-state index contributed by atoms with van der Waals surface area (Å²) in [6.45, 7) is 8.19. The van der Waals surface area contributed by atoms with Gasteiger partial charge >= 0.3 is 5.69 Å². The molecule has 1 N–H and O–H groups in total. The van der Waals surface area contributed by atoms with E-state index in [0.717, 1.165) is 4.57 Å². The van der Waals surface area contributed by atoms with Crippen LogP contribution < -0.4 is 21.3 Å². The molecule has 42 heavy (non-hydrogen) atoms. The van der Waals surface area contributed by atoms with E-state index in [1.54, 1.807) is 43.9 Å². The molecule has 4 rings (SSSR count). The van der Waals surface area contributed by atoms with E-state index in [4.69, 9.17) is 14.7 Å². The van der Waals surface area contributed by atoms with Gasteiger partial charge in [0.05, 0.1) is 38.1 Å². The van der Waals surface area contributed by atoms with Crippen molar-refractivity contribution < 1.29 is 18.7 Å². The maximum Gasteiger partial charge on any atom is 0.333 e. The minimum atomic E-state index is -1.57. The largest absolute Gasteiger partial charge is 0.496 e. The molecular formula is C29H33FN6O5S. The molecule has 3 heterocycles. The van der Waals surface area contributed by atoms with Crippen LogP contribution in [0.3, 0.4) is 0 Å². The average Bonchev–Trinajstić information content (AvgIpc) is 3.58. The molecule has 1 unspecified atom stereocenters. The van der Waals surface area contributed by atoms with Gasteiger partial charge in [-0.05, 0) is 58.9 Å². The van der Waals surface area contributed by atoms with Gasteiger partial charge in [-0.2, -0.15) is 10.4 Å². The number of hydrogen-bond donors (Lipinski definition) is 1. The Hall–Kier alpha value is -4.28. The topological polar surface area (TPSA) is 133 Å². The first-order valence-electron chi connectivity index (χ1n) is 13.3. The molecule has 0 saturated carbocycles. The summed E-state index contributed by atoms with van der Waals surface area (Å²) >= 11 is 1.19. The van der Waals surface area contributed by atoms with Crippen LogP contribution >= 0.6 is 11.3 Å². The average molecular weight is 597 g/mol. The van der Waals surface area contributed by atoms with E-state index in [2.05, 4.69) is 10.4 Å². The van der Waals surface area contributed by atoms with Gasteiger partial charge in [-0.1, -0.05) is 11.3 Å². The molecule has 222 valence electrons. The first-order valence-corrected chi connectivity index (χ1v) is 14.2. The summed E-state index contributed by atoms with van der Waals surface area (Å²) in [5.74, 6) is -0.717. The molecule has 13 heteroatoms. The number of aromatic nitrogens is 4. The van der Waals surface area contributed by atoms with Crippen molar-refractivity contribution in [2.75, 3.05) is 13.7 Å². The monoisotopic (exact) mass is 596 g/mol. The predicted octanol–water partition coefficient (Wildman–Crippen LogP) is 3.80. The molecule has 0 aliphatic rings. The van der Waals surface area contributed by atoms with Crippen molar-refractivity contribution in [2.24, 2.45) is 0 Å². The number of nitriles is 1. The molecule has 3 aromatic heterocycles. The number of thiophene rings is 1. The van der Waals surface area contributed by atoms with E-state index in [-0.39, 0.29) is 31.0 Å². The molecule has 1 atom stereocenters. The number of amides is 1. The Labute approximate surface area is 245 Å². The Morgan fingerprint density at radius 1 is 1.29 bits per heavy atom. The van der Waals surface area contributed by atoms with Gasteiger partial charge in [0.15, 0.2) is 0 Å². The smallest absolute Gasteiger partial charge is 0.333 e. The number of carbonyl (C=O) groups is 1. The predicted molar refractivity (Wildman–Crippen MR) is 157 cm³/mol. The highest BCUT2D eigenvalue weighted by atomic mass is 32.1. The number of benzene rings is 1. The minimum Gasteiger partial charge on any atom is -0.496 e. The van der Waals surface area contributed by atoms with Crippen molar-refractivity contribution in [3.63, 3.8) is 0 Å². The number of halogens is 1. The Morgan fingerprint density at radius 2 is 2.02 bits per heavy atom. The van der Waals surface area contributed by atoms with Crippen LogP contribution in [0.1, 0.15) is 51.3 Å². The molecule has 0 aliphatic carbocycles. The Balaban J connectivity index is 2.03. The lowest BCUT2D eigenvalue weighted by molar-refractivity contribution is -0.129. The zero-order valence-electron chi connectivity index (χ0n) is 24.3. The zero-order chi connectivity index (χ0) is 30.8. The second-order valence-electron chi connectivity index (χ2n) is 10.5. The Kier molecular flexibility index (Phi) is 8.98. The van der Waals surface area contributed by atoms with Gasteiger partial charge in [-0.3, -0.25) is 14.2 Å². The zero-order valence-corrected chi connectivity index (χ0v) is 25.1. The number of ether oxygens (including phenoxy) is 2. The fourth-order valence-corrected chi connectivity index (χ4v) is 5.99. The third kappa shape index (κ3) is 5.73. The molecule has 0 bridgehead atoms. The molecule has 0 saturated heterocycles. The normalized spacial score (nSPS) is 12.5. The van der Waals surface area contributed by atoms with Gasteiger partial charge < -0.3 is 14.8 Å². The highest BCUT2D eigenvalue weighted by Gasteiger charge is 2.36. The maximum absolute atomic E-state index is 14.5. The minimum absolute atomic E-state index is 0.00264. The molecule has 0 fully saturated rings. The van der Waals surface area contributed by atoms with Crippen LogP contribution in [0.15, 0.2) is 46.2 Å². The second-order valence-corrected chi connectivity index (χ2v) is 11.5. The van der Waals surface area contributed by atoms with Crippen LogP contribution in [0.5, 0.6) is 5.75 Å². The molecule has 0 radical (unpaired) electrons. The highest BCUT2D eigenvalue weighted by Crippen LogP contribution is 2.34. The Bertz CT molecular complexity index is 1760. The van der Waals surface area contributed by atoms with Crippen LogP contribution in [-0.2, 0) is 21.6 Å². The first kappa shape index (κ1) is 30.7. The van der Waals surface area contributed by atoms with E-state index < -0.39 is 34.6 Å². The third-order valence-corrected chi connectivity index (χ3v) is 8.16. The van der Waals surface area contributed by atoms with Gasteiger partial charge in [0, 0.05) is 29.6 Å². The summed E-state index contributed by atoms with van der Waals surface area (Å²) in [7, 11) is 1.43. The van der Waals surface area contributed by atoms with Gasteiger partial charge in [0.25, 0.3) is 5.56 Å². The van der Waals surface area contributed by atoms with Crippen molar-refractivity contribution in [3.8, 4) is 16.8 Å². The van der Waals surface area contributed by atoms with E-state index in [9.17, 15) is 18.8 Å². The number of nitrogens with zero attached hydrogens (tertiary/aromatic N) is 5. The quantitative estimate of drug-likeness (QED) is 0.261. The summed E-state index contributed by atoms with van der Waals surface area (Å²) in [6, 6.07) is 7.47.